The molecule has 5 heteroatoms. The molecule has 0 aromatic carbocycles. The van der Waals surface area contributed by atoms with Crippen LogP contribution < -0.4 is 11.1 Å². The van der Waals surface area contributed by atoms with Gasteiger partial charge < -0.3 is 11.1 Å². The average molecular weight is 192 g/mol. The number of nitrogens with zero attached hydrogens (tertiary/aromatic N) is 2. The van der Waals surface area contributed by atoms with E-state index in [4.69, 9.17) is 5.73 Å². The van der Waals surface area contributed by atoms with Crippen molar-refractivity contribution < 1.29 is 4.79 Å². The van der Waals surface area contributed by atoms with Crippen molar-refractivity contribution in [2.24, 2.45) is 0 Å². The molecule has 2 heterocycles. The van der Waals surface area contributed by atoms with Crippen molar-refractivity contribution in [1.82, 2.24) is 9.97 Å². The first-order valence-electron chi connectivity index (χ1n) is 4.54. The van der Waals surface area contributed by atoms with Gasteiger partial charge in [0, 0.05) is 11.5 Å². The Balaban J connectivity index is 2.51. The summed E-state index contributed by atoms with van der Waals surface area (Å²) in [6.45, 7) is 3.97. The van der Waals surface area contributed by atoms with Gasteiger partial charge in [-0.25, -0.2) is 9.97 Å². The fraction of sp³-hybridized carbons (Fsp3) is 0.444. The summed E-state index contributed by atoms with van der Waals surface area (Å²) in [6.07, 6.45) is 0.291. The summed E-state index contributed by atoms with van der Waals surface area (Å²) in [5.74, 6) is 1.80. The van der Waals surface area contributed by atoms with Gasteiger partial charge in [-0.3, -0.25) is 4.79 Å². The first-order valence-corrected chi connectivity index (χ1v) is 4.54. The second-order valence-corrected chi connectivity index (χ2v) is 3.67. The molecular weight excluding hydrogens is 180 g/mol. The Bertz CT molecular complexity index is 400. The van der Waals surface area contributed by atoms with Gasteiger partial charge in [-0.05, 0) is 0 Å². The standard InChI is InChI=1S/C9H12N4O/c1-4(2)8-12-7(10)5-3-6(14)11-9(5)13-8/h4H,3H2,1-2H3,(H3,10,11,12,13,14). The van der Waals surface area contributed by atoms with Crippen LogP contribution in [0.3, 0.4) is 0 Å². The van der Waals surface area contributed by atoms with E-state index >= 15 is 0 Å². The van der Waals surface area contributed by atoms with Gasteiger partial charge in [-0.15, -0.1) is 0 Å². The van der Waals surface area contributed by atoms with E-state index in [1.807, 2.05) is 13.8 Å². The third kappa shape index (κ3) is 1.30. The fourth-order valence-corrected chi connectivity index (χ4v) is 1.39. The molecule has 0 saturated carbocycles. The molecule has 1 aromatic heterocycles. The van der Waals surface area contributed by atoms with E-state index in [-0.39, 0.29) is 11.8 Å². The number of hydrogen-bond acceptors (Lipinski definition) is 4. The average Bonchev–Trinajstić information content (AvgIpc) is 2.45. The van der Waals surface area contributed by atoms with E-state index in [9.17, 15) is 4.79 Å². The van der Waals surface area contributed by atoms with Crippen LogP contribution in [-0.2, 0) is 11.2 Å². The number of nitrogen functional groups attached to an aromatic ring is 1. The molecule has 3 N–H and O–H groups in total. The summed E-state index contributed by atoms with van der Waals surface area (Å²) in [4.78, 5) is 19.5. The summed E-state index contributed by atoms with van der Waals surface area (Å²) in [5.41, 5.74) is 6.45. The van der Waals surface area contributed by atoms with E-state index in [2.05, 4.69) is 15.3 Å². The molecule has 0 fully saturated rings. The summed E-state index contributed by atoms with van der Waals surface area (Å²) in [6, 6.07) is 0. The Kier molecular flexibility index (Phi) is 1.87. The number of carbonyl (C=O) groups is 1. The van der Waals surface area contributed by atoms with Gasteiger partial charge in [0.1, 0.15) is 17.5 Å². The van der Waals surface area contributed by atoms with Crippen molar-refractivity contribution in [2.75, 3.05) is 11.1 Å². The van der Waals surface area contributed by atoms with Gasteiger partial charge >= 0.3 is 0 Å². The molecule has 0 spiro atoms. The molecule has 0 bridgehead atoms. The van der Waals surface area contributed by atoms with Crippen LogP contribution in [0.4, 0.5) is 11.6 Å². The van der Waals surface area contributed by atoms with Crippen LogP contribution in [0.1, 0.15) is 31.2 Å². The van der Waals surface area contributed by atoms with Gasteiger partial charge in [-0.1, -0.05) is 13.8 Å². The number of amides is 1. The topological polar surface area (TPSA) is 80.9 Å². The van der Waals surface area contributed by atoms with Gasteiger partial charge in [-0.2, -0.15) is 0 Å². The monoisotopic (exact) mass is 192 g/mol. The zero-order valence-corrected chi connectivity index (χ0v) is 8.16. The van der Waals surface area contributed by atoms with E-state index in [1.54, 1.807) is 0 Å². The summed E-state index contributed by atoms with van der Waals surface area (Å²) >= 11 is 0. The minimum absolute atomic E-state index is 0.0677. The molecule has 1 aliphatic rings. The third-order valence-corrected chi connectivity index (χ3v) is 2.17. The van der Waals surface area contributed by atoms with Crippen LogP contribution in [0.2, 0.25) is 0 Å². The second kappa shape index (κ2) is 2.94. The lowest BCUT2D eigenvalue weighted by atomic mass is 10.2. The lowest BCUT2D eigenvalue weighted by molar-refractivity contribution is -0.115. The van der Waals surface area contributed by atoms with Crippen molar-refractivity contribution in [3.8, 4) is 0 Å². The van der Waals surface area contributed by atoms with Gasteiger partial charge in [0.25, 0.3) is 0 Å². The highest BCUT2D eigenvalue weighted by molar-refractivity contribution is 5.99. The number of nitrogens with one attached hydrogen (secondary N) is 1. The highest BCUT2D eigenvalue weighted by Crippen LogP contribution is 2.26. The fourth-order valence-electron chi connectivity index (χ4n) is 1.39. The van der Waals surface area contributed by atoms with Crippen molar-refractivity contribution in [1.29, 1.82) is 0 Å². The molecule has 2 rings (SSSR count). The zero-order chi connectivity index (χ0) is 10.3. The van der Waals surface area contributed by atoms with Crippen LogP contribution >= 0.6 is 0 Å². The van der Waals surface area contributed by atoms with Crippen LogP contribution in [0.5, 0.6) is 0 Å². The Hall–Kier alpha value is -1.65. The number of hydrogen-bond donors (Lipinski definition) is 2. The molecule has 1 amide bonds. The molecular formula is C9H12N4O. The largest absolute Gasteiger partial charge is 0.383 e. The maximum absolute atomic E-state index is 11.1. The number of fused-ring (bicyclic) bond motifs is 1. The zero-order valence-electron chi connectivity index (χ0n) is 8.16. The van der Waals surface area contributed by atoms with Crippen molar-refractivity contribution >= 4 is 17.5 Å². The summed E-state index contributed by atoms with van der Waals surface area (Å²) < 4.78 is 0. The first-order chi connectivity index (χ1) is 6.58. The third-order valence-electron chi connectivity index (χ3n) is 2.17. The van der Waals surface area contributed by atoms with Gasteiger partial charge in [0.2, 0.25) is 5.91 Å². The summed E-state index contributed by atoms with van der Waals surface area (Å²) in [7, 11) is 0. The lowest BCUT2D eigenvalue weighted by Crippen LogP contribution is -2.06. The Morgan fingerprint density at radius 3 is 2.79 bits per heavy atom. The molecule has 74 valence electrons. The second-order valence-electron chi connectivity index (χ2n) is 3.67. The molecule has 5 nitrogen and oxygen atoms in total. The number of nitrogens with two attached hydrogens (primary N) is 1. The minimum Gasteiger partial charge on any atom is -0.383 e. The molecule has 1 aliphatic heterocycles. The molecule has 0 radical (unpaired) electrons. The van der Waals surface area contributed by atoms with Crippen LogP contribution in [0, 0.1) is 0 Å². The van der Waals surface area contributed by atoms with Crippen LogP contribution in [-0.4, -0.2) is 15.9 Å². The highest BCUT2D eigenvalue weighted by Gasteiger charge is 2.23. The Morgan fingerprint density at radius 1 is 1.43 bits per heavy atom. The minimum atomic E-state index is -0.0677. The number of aromatic nitrogens is 2. The molecule has 0 atom stereocenters. The maximum atomic E-state index is 11.1. The quantitative estimate of drug-likeness (QED) is 0.685. The molecule has 0 aliphatic carbocycles. The lowest BCUT2D eigenvalue weighted by Gasteiger charge is -2.07. The van der Waals surface area contributed by atoms with Crippen molar-refractivity contribution in [2.45, 2.75) is 26.2 Å². The van der Waals surface area contributed by atoms with E-state index in [0.29, 0.717) is 23.9 Å². The number of carbonyl (C=O) groups excluding carboxylic acids is 1. The molecule has 0 saturated heterocycles. The molecule has 1 aromatic rings. The van der Waals surface area contributed by atoms with Crippen molar-refractivity contribution in [3.05, 3.63) is 11.4 Å². The first kappa shape index (κ1) is 8.93. The maximum Gasteiger partial charge on any atom is 0.230 e. The van der Waals surface area contributed by atoms with Crippen molar-refractivity contribution in [3.63, 3.8) is 0 Å². The predicted octanol–water partition coefficient (Wildman–Crippen LogP) is 0.677. The highest BCUT2D eigenvalue weighted by atomic mass is 16.1. The molecule has 14 heavy (non-hydrogen) atoms. The van der Waals surface area contributed by atoms with Gasteiger partial charge in [0.15, 0.2) is 0 Å². The Labute approximate surface area is 81.7 Å². The molecule has 0 unspecified atom stereocenters. The predicted molar refractivity (Wildman–Crippen MR) is 52.9 cm³/mol. The Morgan fingerprint density at radius 2 is 2.14 bits per heavy atom. The normalized spacial score (nSPS) is 14.4. The van der Waals surface area contributed by atoms with E-state index in [0.717, 1.165) is 5.56 Å². The summed E-state index contributed by atoms with van der Waals surface area (Å²) in [5, 5.41) is 2.66. The number of anilines is 2. The smallest absolute Gasteiger partial charge is 0.230 e. The SMILES string of the molecule is CC(C)c1nc(N)c2c(n1)NC(=O)C2. The van der Waals surface area contributed by atoms with E-state index in [1.165, 1.54) is 0 Å². The van der Waals surface area contributed by atoms with Gasteiger partial charge in [0.05, 0.1) is 6.42 Å². The van der Waals surface area contributed by atoms with E-state index < -0.39 is 0 Å². The van der Waals surface area contributed by atoms with Crippen LogP contribution in [0.15, 0.2) is 0 Å². The van der Waals surface area contributed by atoms with Crippen LogP contribution in [0.25, 0.3) is 0 Å². The number of rotatable bonds is 1.